The zero-order chi connectivity index (χ0) is 21.1. The first-order valence-electron chi connectivity index (χ1n) is 11.2. The lowest BCUT2D eigenvalue weighted by Gasteiger charge is -2.42. The molecule has 1 aliphatic carbocycles. The predicted octanol–water partition coefficient (Wildman–Crippen LogP) is 4.61. The smallest absolute Gasteiger partial charge is 0.229 e. The summed E-state index contributed by atoms with van der Waals surface area (Å²) in [6.45, 7) is 5.11. The highest BCUT2D eigenvalue weighted by molar-refractivity contribution is 6.43. The molecule has 0 bridgehead atoms. The zero-order valence-corrected chi connectivity index (χ0v) is 19.1. The van der Waals surface area contributed by atoms with Gasteiger partial charge in [0.05, 0.1) is 15.7 Å². The first-order chi connectivity index (χ1) is 14.5. The second kappa shape index (κ2) is 9.46. The van der Waals surface area contributed by atoms with E-state index in [4.69, 9.17) is 23.2 Å². The number of anilines is 1. The van der Waals surface area contributed by atoms with Crippen LogP contribution in [0.25, 0.3) is 0 Å². The molecule has 0 atom stereocenters. The molecule has 2 amide bonds. The Bertz CT molecular complexity index is 767. The maximum Gasteiger partial charge on any atom is 0.229 e. The normalized spacial score (nSPS) is 22.7. The van der Waals surface area contributed by atoms with Gasteiger partial charge in [0.1, 0.15) is 0 Å². The van der Waals surface area contributed by atoms with Gasteiger partial charge in [0, 0.05) is 45.6 Å². The summed E-state index contributed by atoms with van der Waals surface area (Å²) in [6, 6.07) is 5.75. The standard InChI is InChI=1S/C23H31Cl2N3O2/c24-18-6-4-7-19(22(18)25)27-14-12-26(13-15-27)10-5-11-28-20(29)16-23(17-21(28)30)8-2-1-3-9-23/h4,6-7H,1-3,5,8-17H2. The number of amides is 2. The molecule has 1 saturated carbocycles. The van der Waals surface area contributed by atoms with Crippen molar-refractivity contribution in [2.45, 2.75) is 51.4 Å². The lowest BCUT2D eigenvalue weighted by molar-refractivity contribution is -0.154. The van der Waals surface area contributed by atoms with Crippen LogP contribution in [-0.4, -0.2) is 60.9 Å². The van der Waals surface area contributed by atoms with Gasteiger partial charge in [0.2, 0.25) is 11.8 Å². The highest BCUT2D eigenvalue weighted by atomic mass is 35.5. The Morgan fingerprint density at radius 1 is 0.867 bits per heavy atom. The Morgan fingerprint density at radius 3 is 2.20 bits per heavy atom. The van der Waals surface area contributed by atoms with Gasteiger partial charge < -0.3 is 4.90 Å². The number of piperazine rings is 1. The third-order valence-corrected chi connectivity index (χ3v) is 7.88. The van der Waals surface area contributed by atoms with Crippen molar-refractivity contribution >= 4 is 40.7 Å². The van der Waals surface area contributed by atoms with Crippen molar-refractivity contribution in [3.63, 3.8) is 0 Å². The summed E-state index contributed by atoms with van der Waals surface area (Å²) < 4.78 is 0. The minimum absolute atomic E-state index is 0.0269. The van der Waals surface area contributed by atoms with Gasteiger partial charge in [-0.15, -0.1) is 0 Å². The van der Waals surface area contributed by atoms with Crippen LogP contribution in [0.15, 0.2) is 18.2 Å². The summed E-state index contributed by atoms with van der Waals surface area (Å²) in [7, 11) is 0. The molecule has 7 heteroatoms. The van der Waals surface area contributed by atoms with Crippen molar-refractivity contribution in [2.75, 3.05) is 44.2 Å². The number of halogens is 2. The molecule has 3 fully saturated rings. The fourth-order valence-corrected chi connectivity index (χ4v) is 5.76. The topological polar surface area (TPSA) is 43.9 Å². The van der Waals surface area contributed by atoms with Crippen molar-refractivity contribution in [3.05, 3.63) is 28.2 Å². The summed E-state index contributed by atoms with van der Waals surface area (Å²) in [5, 5.41) is 1.20. The van der Waals surface area contributed by atoms with Crippen LogP contribution in [0, 0.1) is 5.41 Å². The molecular weight excluding hydrogens is 421 g/mol. The second-order valence-corrected chi connectivity index (χ2v) is 9.89. The van der Waals surface area contributed by atoms with Crippen LogP contribution >= 0.6 is 23.2 Å². The number of benzene rings is 1. The van der Waals surface area contributed by atoms with Gasteiger partial charge in [-0.25, -0.2) is 0 Å². The first kappa shape index (κ1) is 21.9. The molecule has 0 N–H and O–H groups in total. The third-order valence-electron chi connectivity index (χ3n) is 7.07. The molecule has 0 aromatic heterocycles. The largest absolute Gasteiger partial charge is 0.368 e. The van der Waals surface area contributed by atoms with E-state index in [1.54, 1.807) is 0 Å². The average Bonchev–Trinajstić information content (AvgIpc) is 2.73. The number of carbonyl (C=O) groups excluding carboxylic acids is 2. The Kier molecular flexibility index (Phi) is 6.91. The predicted molar refractivity (Wildman–Crippen MR) is 121 cm³/mol. The Hall–Kier alpha value is -1.30. The molecule has 0 radical (unpaired) electrons. The molecule has 2 saturated heterocycles. The maximum atomic E-state index is 12.7. The van der Waals surface area contributed by atoms with Crippen molar-refractivity contribution in [3.8, 4) is 0 Å². The number of piperidine rings is 1. The van der Waals surface area contributed by atoms with Crippen LogP contribution in [0.5, 0.6) is 0 Å². The zero-order valence-electron chi connectivity index (χ0n) is 17.5. The molecule has 1 aromatic rings. The first-order valence-corrected chi connectivity index (χ1v) is 12.0. The molecule has 2 heterocycles. The minimum atomic E-state index is -0.0269. The fraction of sp³-hybridized carbons (Fsp3) is 0.652. The van der Waals surface area contributed by atoms with E-state index in [-0.39, 0.29) is 17.2 Å². The summed E-state index contributed by atoms with van der Waals surface area (Å²) in [5.74, 6) is 0.0992. The molecule has 30 heavy (non-hydrogen) atoms. The van der Waals surface area contributed by atoms with Gasteiger partial charge in [0.15, 0.2) is 0 Å². The van der Waals surface area contributed by atoms with E-state index in [9.17, 15) is 9.59 Å². The molecule has 5 nitrogen and oxygen atoms in total. The van der Waals surface area contributed by atoms with Crippen molar-refractivity contribution < 1.29 is 9.59 Å². The van der Waals surface area contributed by atoms with Crippen LogP contribution < -0.4 is 4.90 Å². The quantitative estimate of drug-likeness (QED) is 0.613. The minimum Gasteiger partial charge on any atom is -0.368 e. The fourth-order valence-electron chi connectivity index (χ4n) is 5.34. The van der Waals surface area contributed by atoms with Gasteiger partial charge >= 0.3 is 0 Å². The highest BCUT2D eigenvalue weighted by Crippen LogP contribution is 2.45. The second-order valence-electron chi connectivity index (χ2n) is 9.11. The number of hydrogen-bond acceptors (Lipinski definition) is 4. The van der Waals surface area contributed by atoms with E-state index in [1.807, 2.05) is 18.2 Å². The van der Waals surface area contributed by atoms with Crippen LogP contribution in [0.1, 0.15) is 51.4 Å². The van der Waals surface area contributed by atoms with Crippen LogP contribution in [0.2, 0.25) is 10.0 Å². The number of carbonyl (C=O) groups is 2. The molecule has 0 unspecified atom stereocenters. The SMILES string of the molecule is O=C1CC2(CCCCC2)CC(=O)N1CCCN1CCN(c2cccc(Cl)c2Cl)CC1. The molecular formula is C23H31Cl2N3O2. The summed E-state index contributed by atoms with van der Waals surface area (Å²) >= 11 is 12.5. The molecule has 4 rings (SSSR count). The van der Waals surface area contributed by atoms with Crippen molar-refractivity contribution in [1.82, 2.24) is 9.80 Å². The van der Waals surface area contributed by atoms with Crippen LogP contribution in [0.4, 0.5) is 5.69 Å². The molecule has 1 spiro atoms. The van der Waals surface area contributed by atoms with Crippen LogP contribution in [0.3, 0.4) is 0 Å². The molecule has 3 aliphatic rings. The lowest BCUT2D eigenvalue weighted by atomic mass is 9.67. The number of rotatable bonds is 5. The van der Waals surface area contributed by atoms with E-state index in [0.717, 1.165) is 70.5 Å². The molecule has 1 aromatic carbocycles. The Balaban J connectivity index is 1.22. The highest BCUT2D eigenvalue weighted by Gasteiger charge is 2.43. The number of nitrogens with zero attached hydrogens (tertiary/aromatic N) is 3. The van der Waals surface area contributed by atoms with Crippen LogP contribution in [-0.2, 0) is 9.59 Å². The summed E-state index contributed by atoms with van der Waals surface area (Å²) in [5.41, 5.74) is 0.964. The summed E-state index contributed by atoms with van der Waals surface area (Å²) in [6.07, 6.45) is 7.61. The number of hydrogen-bond donors (Lipinski definition) is 0. The summed E-state index contributed by atoms with van der Waals surface area (Å²) in [4.78, 5) is 31.6. The Morgan fingerprint density at radius 2 is 1.53 bits per heavy atom. The number of imide groups is 1. The van der Waals surface area contributed by atoms with E-state index in [1.165, 1.54) is 11.3 Å². The van der Waals surface area contributed by atoms with Crippen molar-refractivity contribution in [2.24, 2.45) is 5.41 Å². The van der Waals surface area contributed by atoms with Gasteiger partial charge in [-0.2, -0.15) is 0 Å². The molecule has 2 aliphatic heterocycles. The van der Waals surface area contributed by atoms with Gasteiger partial charge in [-0.3, -0.25) is 19.4 Å². The van der Waals surface area contributed by atoms with E-state index < -0.39 is 0 Å². The van der Waals surface area contributed by atoms with Gasteiger partial charge in [-0.1, -0.05) is 48.5 Å². The third kappa shape index (κ3) is 4.79. The van der Waals surface area contributed by atoms with Gasteiger partial charge in [0.25, 0.3) is 0 Å². The van der Waals surface area contributed by atoms with E-state index in [0.29, 0.717) is 29.4 Å². The molecule has 164 valence electrons. The maximum absolute atomic E-state index is 12.7. The number of likely N-dealkylation sites (tertiary alicyclic amines) is 1. The monoisotopic (exact) mass is 451 g/mol. The van der Waals surface area contributed by atoms with Gasteiger partial charge in [-0.05, 0) is 43.4 Å². The average molecular weight is 452 g/mol. The lowest BCUT2D eigenvalue weighted by Crippen LogP contribution is -2.50. The van der Waals surface area contributed by atoms with E-state index >= 15 is 0 Å². The Labute approximate surface area is 189 Å². The van der Waals surface area contributed by atoms with Crippen molar-refractivity contribution in [1.29, 1.82) is 0 Å². The van der Waals surface area contributed by atoms with E-state index in [2.05, 4.69) is 9.80 Å².